The summed E-state index contributed by atoms with van der Waals surface area (Å²) in [7, 11) is 7.91. The predicted molar refractivity (Wildman–Crippen MR) is 388 cm³/mol. The largest absolute Gasteiger partial charge is 0.500 e. The van der Waals surface area contributed by atoms with Gasteiger partial charge in [-0.25, -0.2) is 0 Å². The SMILES string of the molecule is CCO[Si](CCCSCC(C)C(=O)O)(OCC)OCC.CCO[Si](CCCSCC(C)O)(OCC)OCC.COC(C)CSCCC[Si](OC)(OC)OC.CO[Si](CCCSCC(C)C(=O)N(C)C)(OC)OC.CO[Si](CCCSCC(C)C(C)=O)(OC)OC. The fourth-order valence-corrected chi connectivity index (χ4v) is 24.3. The molecule has 0 saturated carbocycles. The monoisotopic (exact) mass is 1480 g/mol. The summed E-state index contributed by atoms with van der Waals surface area (Å²) in [5.41, 5.74) is 0. The van der Waals surface area contributed by atoms with E-state index in [0.717, 1.165) is 114 Å². The highest BCUT2D eigenvalue weighted by atomic mass is 32.2. The van der Waals surface area contributed by atoms with Crippen molar-refractivity contribution < 1.29 is 95.7 Å². The summed E-state index contributed by atoms with van der Waals surface area (Å²) in [5, 5.41) is 18.0. The number of carbonyl (C=O) groups excluding carboxylic acids is 2. The molecule has 0 aromatic rings. The Labute approximate surface area is 575 Å². The molecule has 5 unspecified atom stereocenters. The Morgan fingerprint density at radius 3 is 0.856 bits per heavy atom. The lowest BCUT2D eigenvalue weighted by Crippen LogP contribution is -2.46. The third-order valence-electron chi connectivity index (χ3n) is 13.0. The van der Waals surface area contributed by atoms with Gasteiger partial charge in [-0.15, -0.1) is 0 Å². The maximum Gasteiger partial charge on any atom is 0.500 e. The van der Waals surface area contributed by atoms with Crippen LogP contribution in [0, 0.1) is 17.8 Å². The molecule has 5 atom stereocenters. The molecule has 1 amide bonds. The van der Waals surface area contributed by atoms with Crippen molar-refractivity contribution in [1.82, 2.24) is 4.90 Å². The van der Waals surface area contributed by atoms with Crippen molar-refractivity contribution >= 4 is 120 Å². The van der Waals surface area contributed by atoms with E-state index in [0.29, 0.717) is 51.5 Å². The van der Waals surface area contributed by atoms with Crippen molar-refractivity contribution in [2.75, 3.05) is 182 Å². The molecule has 90 heavy (non-hydrogen) atoms. The van der Waals surface area contributed by atoms with Gasteiger partial charge in [-0.3, -0.25) is 14.4 Å². The zero-order chi connectivity index (χ0) is 69.9. The zero-order valence-corrected chi connectivity index (χ0v) is 69.5. The molecule has 0 fully saturated rings. The quantitative estimate of drug-likeness (QED) is 0.0425. The third-order valence-corrected chi connectivity index (χ3v) is 34.4. The first kappa shape index (κ1) is 99.4. The van der Waals surface area contributed by atoms with Crippen LogP contribution < -0.4 is 0 Å². The Morgan fingerprint density at radius 2 is 0.633 bits per heavy atom. The zero-order valence-electron chi connectivity index (χ0n) is 60.4. The maximum atomic E-state index is 11.7. The normalized spacial score (nSPS) is 13.7. The predicted octanol–water partition coefficient (Wildman–Crippen LogP) is 11.4. The topological polar surface area (TPSA) is 243 Å². The Morgan fingerprint density at radius 1 is 0.389 bits per heavy atom. The van der Waals surface area contributed by atoms with E-state index in [9.17, 15) is 19.5 Å². The molecule has 32 heteroatoms. The number of carboxylic acids is 1. The summed E-state index contributed by atoms with van der Waals surface area (Å²) in [4.78, 5) is 35.1. The van der Waals surface area contributed by atoms with E-state index in [4.69, 9.17) is 76.2 Å². The van der Waals surface area contributed by atoms with Gasteiger partial charge < -0.3 is 86.2 Å². The number of hydrogen-bond donors (Lipinski definition) is 2. The van der Waals surface area contributed by atoms with Crippen molar-refractivity contribution in [3.05, 3.63) is 0 Å². The van der Waals surface area contributed by atoms with Crippen molar-refractivity contribution in [2.24, 2.45) is 17.8 Å². The van der Waals surface area contributed by atoms with Crippen molar-refractivity contribution in [3.8, 4) is 0 Å². The molecule has 22 nitrogen and oxygen atoms in total. The van der Waals surface area contributed by atoms with E-state index in [2.05, 4.69) is 6.92 Å². The first-order valence-corrected chi connectivity index (χ1v) is 46.9. The smallest absolute Gasteiger partial charge is 0.481 e. The molecule has 0 saturated heterocycles. The minimum absolute atomic E-state index is 0.0641. The Kier molecular flexibility index (Phi) is 71.2. The number of carbonyl (C=O) groups is 3. The number of thioether (sulfide) groups is 5. The highest BCUT2D eigenvalue weighted by molar-refractivity contribution is 8.00. The van der Waals surface area contributed by atoms with Crippen LogP contribution in [0.2, 0.25) is 30.2 Å². The van der Waals surface area contributed by atoms with Gasteiger partial charge in [-0.05, 0) is 123 Å². The van der Waals surface area contributed by atoms with Gasteiger partial charge in [0.2, 0.25) is 5.91 Å². The van der Waals surface area contributed by atoms with Gasteiger partial charge in [0.05, 0.1) is 18.1 Å². The standard InChI is InChI=1S/C13H28O5SSi.C12H27NO4SSi.C12H28O4SSi.C11H24O4SSi.C10H24O4SSi/c1-5-16-20(17-6-2,18-7-3)10-8-9-19-11-12(4)13(14)15;1-11(12(14)13(2)3)10-18-8-7-9-19(15-4,16-5)17-6;1-5-14-18(15-6-2,16-7-3)10-8-9-17-11-12(4)13;1-10(11(2)12)9-16-7-6-8-17(13-3,14-4)15-5;1-10(11-2)9-15-7-6-8-16(12-3,13-4)14-5/h12H,5-11H2,1-4H3,(H,14,15);11H,7-10H2,1-6H3;12-13H,5-11H2,1-4H3;10H,6-9H2,1-5H3;10H,6-9H2,1-5H3. The fourth-order valence-electron chi connectivity index (χ4n) is 7.68. The number of ether oxygens (including phenoxy) is 1. The number of Topliss-reactive ketones (excluding diaryl/α,β-unsaturated/α-hetero) is 1. The number of rotatable bonds is 55. The first-order chi connectivity index (χ1) is 42.7. The van der Waals surface area contributed by atoms with Gasteiger partial charge in [0.25, 0.3) is 0 Å². The average molecular weight is 1480 g/mol. The second-order valence-corrected chi connectivity index (χ2v) is 41.0. The summed E-state index contributed by atoms with van der Waals surface area (Å²) in [6, 6.07) is 4.13. The average Bonchev–Trinajstić information content (AvgIpc) is 3.60. The molecule has 0 spiro atoms. The summed E-state index contributed by atoms with van der Waals surface area (Å²) in [6.07, 6.45) is 5.00. The summed E-state index contributed by atoms with van der Waals surface area (Å²) in [5.74, 6) is 8.77. The lowest BCUT2D eigenvalue weighted by molar-refractivity contribution is -0.140. The van der Waals surface area contributed by atoms with Crippen LogP contribution in [-0.2, 0) is 85.5 Å². The van der Waals surface area contributed by atoms with Crippen LogP contribution in [0.5, 0.6) is 0 Å². The van der Waals surface area contributed by atoms with Gasteiger partial charge >= 0.3 is 50.0 Å². The van der Waals surface area contributed by atoms with Crippen LogP contribution >= 0.6 is 58.8 Å². The van der Waals surface area contributed by atoms with Gasteiger partial charge in [0.15, 0.2) is 0 Å². The van der Waals surface area contributed by atoms with Crippen LogP contribution in [0.15, 0.2) is 0 Å². The van der Waals surface area contributed by atoms with Crippen molar-refractivity contribution in [3.63, 3.8) is 0 Å². The molecule has 2 N–H and O–H groups in total. The third kappa shape index (κ3) is 51.9. The second-order valence-electron chi connectivity index (χ2n) is 20.5. The van der Waals surface area contributed by atoms with Gasteiger partial charge in [-0.1, -0.05) is 20.8 Å². The van der Waals surface area contributed by atoms with Crippen molar-refractivity contribution in [1.29, 1.82) is 0 Å². The van der Waals surface area contributed by atoms with Crippen LogP contribution in [-0.4, -0.2) is 271 Å². The second kappa shape index (κ2) is 64.4. The van der Waals surface area contributed by atoms with E-state index < -0.39 is 50.0 Å². The summed E-state index contributed by atoms with van der Waals surface area (Å²) in [6.45, 7) is 26.6. The number of ketones is 1. The number of aliphatic hydroxyl groups excluding tert-OH is 1. The van der Waals surface area contributed by atoms with Crippen LogP contribution in [0.4, 0.5) is 0 Å². The van der Waals surface area contributed by atoms with Crippen molar-refractivity contribution in [2.45, 2.75) is 158 Å². The van der Waals surface area contributed by atoms with E-state index in [1.165, 1.54) is 0 Å². The summed E-state index contributed by atoms with van der Waals surface area (Å²) < 4.78 is 87.9. The highest BCUT2D eigenvalue weighted by Gasteiger charge is 2.42. The molecule has 0 rings (SSSR count). The number of aliphatic carboxylic acids is 1. The summed E-state index contributed by atoms with van der Waals surface area (Å²) >= 11 is 8.89. The number of methoxy groups -OCH3 is 1. The molecule has 0 radical (unpaired) electrons. The molecule has 0 aliphatic heterocycles. The molecular weight excluding hydrogens is 1350 g/mol. The van der Waals surface area contributed by atoms with Gasteiger partial charge in [-0.2, -0.15) is 58.8 Å². The Bertz CT molecular complexity index is 1570. The van der Waals surface area contributed by atoms with Crippen LogP contribution in [0.25, 0.3) is 0 Å². The fraction of sp³-hybridized carbons (Fsp3) is 0.948. The van der Waals surface area contributed by atoms with E-state index >= 15 is 0 Å². The molecule has 0 aromatic heterocycles. The molecule has 0 heterocycles. The molecule has 0 aliphatic carbocycles. The molecule has 0 aromatic carbocycles. The lowest BCUT2D eigenvalue weighted by Gasteiger charge is -2.28. The molecular formula is C58H131NO21S5Si5. The molecule has 0 aliphatic rings. The molecule has 544 valence electrons. The first-order valence-electron chi connectivity index (χ1n) is 31.5. The number of amides is 1. The van der Waals surface area contributed by atoms with E-state index in [-0.39, 0.29) is 35.5 Å². The number of aliphatic hydroxyl groups is 1. The van der Waals surface area contributed by atoms with Crippen LogP contribution in [0.3, 0.4) is 0 Å². The number of nitrogens with zero attached hydrogens (tertiary/aromatic N) is 1. The van der Waals surface area contributed by atoms with Gasteiger partial charge in [0.1, 0.15) is 5.78 Å². The van der Waals surface area contributed by atoms with Crippen LogP contribution in [0.1, 0.15) is 115 Å². The minimum atomic E-state index is -2.52. The Balaban J connectivity index is -0.000000335. The lowest BCUT2D eigenvalue weighted by atomic mass is 10.1. The number of hydrogen-bond acceptors (Lipinski definition) is 25. The van der Waals surface area contributed by atoms with E-state index in [1.54, 1.807) is 151 Å². The Hall–Kier alpha value is 0.764. The molecule has 0 bridgehead atoms. The van der Waals surface area contributed by atoms with Gasteiger partial charge in [0, 0.05) is 196 Å². The number of carboxylic acid groups (broad SMARTS) is 1. The minimum Gasteiger partial charge on any atom is -0.481 e. The van der Waals surface area contributed by atoms with E-state index in [1.807, 2.05) is 74.1 Å². The highest BCUT2D eigenvalue weighted by Crippen LogP contribution is 2.24. The maximum absolute atomic E-state index is 11.7.